The van der Waals surface area contributed by atoms with Crippen LogP contribution in [0.5, 0.6) is 5.75 Å². The smallest absolute Gasteiger partial charge is 0.286 e. The predicted molar refractivity (Wildman–Crippen MR) is 84.6 cm³/mol. The van der Waals surface area contributed by atoms with Gasteiger partial charge in [-0.2, -0.15) is 0 Å². The summed E-state index contributed by atoms with van der Waals surface area (Å²) >= 11 is 7.15. The maximum absolute atomic E-state index is 12.1. The summed E-state index contributed by atoms with van der Waals surface area (Å²) in [7, 11) is 1.52. The first kappa shape index (κ1) is 15.5. The first-order chi connectivity index (χ1) is 10.1. The number of anilines is 2. The summed E-state index contributed by atoms with van der Waals surface area (Å²) in [6, 6.07) is 5.00. The molecule has 0 fully saturated rings. The van der Waals surface area contributed by atoms with Gasteiger partial charge >= 0.3 is 0 Å². The molecule has 0 aliphatic rings. The Morgan fingerprint density at radius 1 is 1.43 bits per heavy atom. The summed E-state index contributed by atoms with van der Waals surface area (Å²) in [6.45, 7) is 2.85. The van der Waals surface area contributed by atoms with Crippen LogP contribution < -0.4 is 15.4 Å². The lowest BCUT2D eigenvalue weighted by Crippen LogP contribution is -2.11. The molecule has 0 unspecified atom stereocenters. The van der Waals surface area contributed by atoms with Crippen LogP contribution >= 0.6 is 22.9 Å². The van der Waals surface area contributed by atoms with Gasteiger partial charge in [0, 0.05) is 18.3 Å². The zero-order valence-corrected chi connectivity index (χ0v) is 13.2. The van der Waals surface area contributed by atoms with E-state index in [2.05, 4.69) is 27.8 Å². The minimum absolute atomic E-state index is 0.294. The van der Waals surface area contributed by atoms with Gasteiger partial charge in [-0.15, -0.1) is 10.2 Å². The molecule has 2 N–H and O–H groups in total. The van der Waals surface area contributed by atoms with Gasteiger partial charge in [0.25, 0.3) is 5.91 Å². The second kappa shape index (κ2) is 7.24. The lowest BCUT2D eigenvalue weighted by Gasteiger charge is -2.06. The van der Waals surface area contributed by atoms with E-state index in [1.165, 1.54) is 18.4 Å². The quantitative estimate of drug-likeness (QED) is 0.852. The average Bonchev–Trinajstić information content (AvgIpc) is 2.96. The van der Waals surface area contributed by atoms with E-state index in [4.69, 9.17) is 16.3 Å². The number of rotatable bonds is 6. The SMILES string of the molecule is CCCNc1nnc(C(=O)Nc2ccc(Cl)c(OC)c2)s1. The molecule has 0 spiro atoms. The molecule has 2 aromatic rings. The Balaban J connectivity index is 2.05. The van der Waals surface area contributed by atoms with Crippen molar-refractivity contribution in [2.75, 3.05) is 24.3 Å². The molecule has 0 atom stereocenters. The number of aromatic nitrogens is 2. The van der Waals surface area contributed by atoms with Crippen molar-refractivity contribution in [3.05, 3.63) is 28.2 Å². The van der Waals surface area contributed by atoms with Crippen LogP contribution in [0, 0.1) is 0 Å². The van der Waals surface area contributed by atoms with Crippen LogP contribution in [0.15, 0.2) is 18.2 Å². The second-order valence-electron chi connectivity index (χ2n) is 4.14. The largest absolute Gasteiger partial charge is 0.495 e. The number of methoxy groups -OCH3 is 1. The van der Waals surface area contributed by atoms with E-state index >= 15 is 0 Å². The minimum atomic E-state index is -0.318. The standard InChI is InChI=1S/C13H15ClN4O2S/c1-3-6-15-13-18-17-12(21-13)11(19)16-8-4-5-9(14)10(7-8)20-2/h4-5,7H,3,6H2,1-2H3,(H,15,18)(H,16,19). The first-order valence-electron chi connectivity index (χ1n) is 6.36. The highest BCUT2D eigenvalue weighted by Gasteiger charge is 2.13. The van der Waals surface area contributed by atoms with Crippen LogP contribution in [0.4, 0.5) is 10.8 Å². The molecule has 2 rings (SSSR count). The van der Waals surface area contributed by atoms with Crippen molar-refractivity contribution >= 4 is 39.7 Å². The molecular formula is C13H15ClN4O2S. The highest BCUT2D eigenvalue weighted by atomic mass is 35.5. The number of nitrogens with zero attached hydrogens (tertiary/aromatic N) is 2. The van der Waals surface area contributed by atoms with Gasteiger partial charge in [-0.25, -0.2) is 0 Å². The van der Waals surface area contributed by atoms with Crippen molar-refractivity contribution in [1.82, 2.24) is 10.2 Å². The zero-order chi connectivity index (χ0) is 15.2. The van der Waals surface area contributed by atoms with Gasteiger partial charge in [-0.1, -0.05) is 29.9 Å². The maximum atomic E-state index is 12.1. The van der Waals surface area contributed by atoms with E-state index < -0.39 is 0 Å². The number of ether oxygens (including phenoxy) is 1. The number of halogens is 1. The van der Waals surface area contributed by atoms with E-state index in [1.54, 1.807) is 18.2 Å². The predicted octanol–water partition coefficient (Wildman–Crippen LogP) is 3.27. The van der Waals surface area contributed by atoms with Crippen molar-refractivity contribution in [1.29, 1.82) is 0 Å². The summed E-state index contributed by atoms with van der Waals surface area (Å²) in [5.74, 6) is 0.179. The van der Waals surface area contributed by atoms with Crippen LogP contribution in [0.3, 0.4) is 0 Å². The minimum Gasteiger partial charge on any atom is -0.495 e. The first-order valence-corrected chi connectivity index (χ1v) is 7.55. The highest BCUT2D eigenvalue weighted by Crippen LogP contribution is 2.27. The summed E-state index contributed by atoms with van der Waals surface area (Å²) < 4.78 is 5.10. The third-order valence-electron chi connectivity index (χ3n) is 2.55. The van der Waals surface area contributed by atoms with Crippen LogP contribution in [0.25, 0.3) is 0 Å². The van der Waals surface area contributed by atoms with Gasteiger partial charge in [0.2, 0.25) is 10.1 Å². The number of carbonyl (C=O) groups excluding carboxylic acids is 1. The average molecular weight is 327 g/mol. The van der Waals surface area contributed by atoms with Gasteiger partial charge < -0.3 is 15.4 Å². The Bertz CT molecular complexity index is 632. The van der Waals surface area contributed by atoms with Gasteiger partial charge in [0.15, 0.2) is 0 Å². The molecule has 0 aliphatic heterocycles. The van der Waals surface area contributed by atoms with Crippen molar-refractivity contribution < 1.29 is 9.53 Å². The van der Waals surface area contributed by atoms with E-state index in [0.29, 0.717) is 26.6 Å². The topological polar surface area (TPSA) is 76.1 Å². The second-order valence-corrected chi connectivity index (χ2v) is 5.53. The molecule has 0 saturated heterocycles. The summed E-state index contributed by atoms with van der Waals surface area (Å²) in [6.07, 6.45) is 0.978. The normalized spacial score (nSPS) is 10.2. The molecule has 1 heterocycles. The summed E-state index contributed by atoms with van der Waals surface area (Å²) in [4.78, 5) is 12.1. The van der Waals surface area contributed by atoms with Crippen LogP contribution in [0.2, 0.25) is 5.02 Å². The number of hydrogen-bond donors (Lipinski definition) is 2. The molecule has 0 aliphatic carbocycles. The maximum Gasteiger partial charge on any atom is 0.286 e. The number of nitrogens with one attached hydrogen (secondary N) is 2. The molecule has 1 aromatic carbocycles. The molecule has 0 saturated carbocycles. The Labute approximate surface area is 131 Å². The fourth-order valence-electron chi connectivity index (χ4n) is 1.54. The van der Waals surface area contributed by atoms with E-state index in [1.807, 2.05) is 0 Å². The molecule has 0 radical (unpaired) electrons. The lowest BCUT2D eigenvalue weighted by atomic mass is 10.3. The Kier molecular flexibility index (Phi) is 5.35. The van der Waals surface area contributed by atoms with Gasteiger partial charge in [0.1, 0.15) is 5.75 Å². The van der Waals surface area contributed by atoms with Gasteiger partial charge in [0.05, 0.1) is 12.1 Å². The molecule has 1 aromatic heterocycles. The molecule has 1 amide bonds. The number of carbonyl (C=O) groups is 1. The van der Waals surface area contributed by atoms with E-state index in [9.17, 15) is 4.79 Å². The molecule has 6 nitrogen and oxygen atoms in total. The van der Waals surface area contributed by atoms with E-state index in [0.717, 1.165) is 13.0 Å². The summed E-state index contributed by atoms with van der Waals surface area (Å²) in [5, 5.41) is 15.0. The number of amides is 1. The van der Waals surface area contributed by atoms with Gasteiger partial charge in [-0.3, -0.25) is 4.79 Å². The van der Waals surface area contributed by atoms with Crippen molar-refractivity contribution in [3.8, 4) is 5.75 Å². The Morgan fingerprint density at radius 3 is 2.95 bits per heavy atom. The monoisotopic (exact) mass is 326 g/mol. The number of benzene rings is 1. The lowest BCUT2D eigenvalue weighted by molar-refractivity contribution is 0.102. The highest BCUT2D eigenvalue weighted by molar-refractivity contribution is 7.17. The zero-order valence-electron chi connectivity index (χ0n) is 11.6. The molecular weight excluding hydrogens is 312 g/mol. The molecule has 8 heteroatoms. The summed E-state index contributed by atoms with van der Waals surface area (Å²) in [5.41, 5.74) is 0.583. The fourth-order valence-corrected chi connectivity index (χ4v) is 2.40. The van der Waals surface area contributed by atoms with E-state index in [-0.39, 0.29) is 5.91 Å². The fraction of sp³-hybridized carbons (Fsp3) is 0.308. The van der Waals surface area contributed by atoms with Gasteiger partial charge in [-0.05, 0) is 18.6 Å². The molecule has 21 heavy (non-hydrogen) atoms. The third kappa shape index (κ3) is 4.05. The Hall–Kier alpha value is -1.86. The van der Waals surface area contributed by atoms with Crippen molar-refractivity contribution in [2.45, 2.75) is 13.3 Å². The number of hydrogen-bond acceptors (Lipinski definition) is 6. The van der Waals surface area contributed by atoms with Crippen LogP contribution in [0.1, 0.15) is 23.1 Å². The van der Waals surface area contributed by atoms with Crippen LogP contribution in [-0.4, -0.2) is 29.8 Å². The van der Waals surface area contributed by atoms with Crippen molar-refractivity contribution in [2.24, 2.45) is 0 Å². The van der Waals surface area contributed by atoms with Crippen LogP contribution in [-0.2, 0) is 0 Å². The third-order valence-corrected chi connectivity index (χ3v) is 3.75. The molecule has 112 valence electrons. The molecule has 0 bridgehead atoms. The Morgan fingerprint density at radius 2 is 2.24 bits per heavy atom. The van der Waals surface area contributed by atoms with Crippen molar-refractivity contribution in [3.63, 3.8) is 0 Å².